The molecular formula is C3H6FO2S. The second-order valence-corrected chi connectivity index (χ2v) is 3.04. The van der Waals surface area contributed by atoms with Crippen LogP contribution in [-0.4, -0.2) is 13.7 Å². The minimum absolute atomic E-state index is 1.15. The van der Waals surface area contributed by atoms with Gasteiger partial charge in [0.05, 0.1) is 5.25 Å². The summed E-state index contributed by atoms with van der Waals surface area (Å²) in [5, 5.41) is -1.15. The lowest BCUT2D eigenvalue weighted by molar-refractivity contribution is 0.546. The lowest BCUT2D eigenvalue weighted by atomic mass is 10.6. The third-order valence-corrected chi connectivity index (χ3v) is 1.44. The van der Waals surface area contributed by atoms with Gasteiger partial charge in [0.2, 0.25) is 0 Å². The summed E-state index contributed by atoms with van der Waals surface area (Å²) in [7, 11) is -4.35. The summed E-state index contributed by atoms with van der Waals surface area (Å²) in [6.07, 6.45) is 0. The lowest BCUT2D eigenvalue weighted by Gasteiger charge is -1.91. The van der Waals surface area contributed by atoms with Crippen LogP contribution in [0.3, 0.4) is 0 Å². The van der Waals surface area contributed by atoms with Gasteiger partial charge in [0.1, 0.15) is 0 Å². The van der Waals surface area contributed by atoms with Crippen LogP contribution in [0, 0.1) is 6.92 Å². The molecular weight excluding hydrogens is 119 g/mol. The molecule has 0 N–H and O–H groups in total. The van der Waals surface area contributed by atoms with Crippen molar-refractivity contribution in [1.29, 1.82) is 0 Å². The maximum atomic E-state index is 11.4. The Labute approximate surface area is 42.6 Å². The van der Waals surface area contributed by atoms with Gasteiger partial charge in [0.15, 0.2) is 0 Å². The topological polar surface area (TPSA) is 34.1 Å². The van der Waals surface area contributed by atoms with Crippen LogP contribution in [0.4, 0.5) is 3.89 Å². The molecule has 0 aromatic carbocycles. The molecule has 4 heteroatoms. The molecule has 0 aromatic heterocycles. The molecule has 2 nitrogen and oxygen atoms in total. The monoisotopic (exact) mass is 125 g/mol. The Hall–Kier alpha value is -0.120. The van der Waals surface area contributed by atoms with Crippen molar-refractivity contribution < 1.29 is 12.3 Å². The van der Waals surface area contributed by atoms with E-state index in [1.807, 2.05) is 0 Å². The van der Waals surface area contributed by atoms with Gasteiger partial charge in [-0.15, -0.1) is 3.89 Å². The fourth-order valence-electron chi connectivity index (χ4n) is 0. The predicted molar refractivity (Wildman–Crippen MR) is 24.8 cm³/mol. The van der Waals surface area contributed by atoms with E-state index < -0.39 is 15.5 Å². The Morgan fingerprint density at radius 3 is 1.86 bits per heavy atom. The molecule has 7 heavy (non-hydrogen) atoms. The van der Waals surface area contributed by atoms with Crippen molar-refractivity contribution in [3.8, 4) is 0 Å². The molecule has 0 fully saturated rings. The van der Waals surface area contributed by atoms with Crippen molar-refractivity contribution >= 4 is 10.2 Å². The standard InChI is InChI=1S/C3H6FO2S/c1-3(2)7(4,5)6/h3H,1H2,2H3. The minimum atomic E-state index is -4.35. The Balaban J connectivity index is 4.10. The van der Waals surface area contributed by atoms with Gasteiger partial charge < -0.3 is 0 Å². The average molecular weight is 125 g/mol. The molecule has 1 unspecified atom stereocenters. The third-order valence-electron chi connectivity index (χ3n) is 0.481. The Morgan fingerprint density at radius 1 is 1.71 bits per heavy atom. The van der Waals surface area contributed by atoms with Crippen molar-refractivity contribution in [2.45, 2.75) is 12.2 Å². The zero-order chi connectivity index (χ0) is 6.08. The van der Waals surface area contributed by atoms with Crippen molar-refractivity contribution in [3.63, 3.8) is 0 Å². The second kappa shape index (κ2) is 1.78. The van der Waals surface area contributed by atoms with Crippen LogP contribution in [-0.2, 0) is 10.2 Å². The van der Waals surface area contributed by atoms with E-state index in [0.29, 0.717) is 0 Å². The van der Waals surface area contributed by atoms with E-state index in [-0.39, 0.29) is 0 Å². The van der Waals surface area contributed by atoms with Gasteiger partial charge in [-0.25, -0.2) is 0 Å². The highest BCUT2D eigenvalue weighted by atomic mass is 32.3. The molecule has 0 rings (SSSR count). The smallest absolute Gasteiger partial charge is 0.195 e. The number of hydrogen-bond donors (Lipinski definition) is 0. The van der Waals surface area contributed by atoms with Crippen LogP contribution in [0.5, 0.6) is 0 Å². The van der Waals surface area contributed by atoms with E-state index in [1.54, 1.807) is 0 Å². The van der Waals surface area contributed by atoms with E-state index in [4.69, 9.17) is 0 Å². The predicted octanol–water partition coefficient (Wildman–Crippen LogP) is 0.508. The number of hydrogen-bond acceptors (Lipinski definition) is 2. The quantitative estimate of drug-likeness (QED) is 0.478. The second-order valence-electron chi connectivity index (χ2n) is 1.29. The zero-order valence-electron chi connectivity index (χ0n) is 3.89. The molecule has 0 amide bonds. The number of halogens is 1. The summed E-state index contributed by atoms with van der Waals surface area (Å²) in [6, 6.07) is 0. The van der Waals surface area contributed by atoms with Gasteiger partial charge in [0, 0.05) is 0 Å². The minimum Gasteiger partial charge on any atom is -0.195 e. The summed E-state index contributed by atoms with van der Waals surface area (Å²) in [4.78, 5) is 0. The highest BCUT2D eigenvalue weighted by Gasteiger charge is 2.11. The van der Waals surface area contributed by atoms with E-state index in [2.05, 4.69) is 6.92 Å². The van der Waals surface area contributed by atoms with Gasteiger partial charge in [-0.05, 0) is 13.8 Å². The van der Waals surface area contributed by atoms with Crippen LogP contribution in [0.15, 0.2) is 0 Å². The highest BCUT2D eigenvalue weighted by Crippen LogP contribution is 1.98. The maximum Gasteiger partial charge on any atom is 0.305 e. The van der Waals surface area contributed by atoms with Gasteiger partial charge in [-0.2, -0.15) is 8.42 Å². The summed E-state index contributed by atoms with van der Waals surface area (Å²) in [6.45, 7) is 4.12. The van der Waals surface area contributed by atoms with Crippen LogP contribution in [0.25, 0.3) is 0 Å². The Bertz CT molecular complexity index is 135. The first-order valence-corrected chi connectivity index (χ1v) is 3.16. The molecule has 0 aliphatic heterocycles. The Morgan fingerprint density at radius 2 is 1.86 bits per heavy atom. The maximum absolute atomic E-state index is 11.4. The van der Waals surface area contributed by atoms with Crippen molar-refractivity contribution in [3.05, 3.63) is 6.92 Å². The molecule has 0 aliphatic rings. The van der Waals surface area contributed by atoms with Gasteiger partial charge in [0.25, 0.3) is 0 Å². The molecule has 1 atom stereocenters. The van der Waals surface area contributed by atoms with Gasteiger partial charge in [-0.3, -0.25) is 0 Å². The van der Waals surface area contributed by atoms with Crippen LogP contribution in [0.2, 0.25) is 0 Å². The first-order chi connectivity index (χ1) is 2.94. The first kappa shape index (κ1) is 6.88. The normalized spacial score (nSPS) is 12.6. The molecule has 0 spiro atoms. The molecule has 0 saturated heterocycles. The van der Waals surface area contributed by atoms with Crippen LogP contribution in [0.1, 0.15) is 6.92 Å². The highest BCUT2D eigenvalue weighted by molar-refractivity contribution is 7.87. The van der Waals surface area contributed by atoms with E-state index in [0.717, 1.165) is 0 Å². The van der Waals surface area contributed by atoms with E-state index in [1.165, 1.54) is 6.92 Å². The largest absolute Gasteiger partial charge is 0.305 e. The lowest BCUT2D eigenvalue weighted by Crippen LogP contribution is -2.06. The summed E-state index contributed by atoms with van der Waals surface area (Å²) in [5.41, 5.74) is 0. The van der Waals surface area contributed by atoms with E-state index >= 15 is 0 Å². The molecule has 1 radical (unpaired) electrons. The fourth-order valence-corrected chi connectivity index (χ4v) is 0. The number of rotatable bonds is 1. The molecule has 43 valence electrons. The fraction of sp³-hybridized carbons (Fsp3) is 0.667. The molecule has 0 aliphatic carbocycles. The van der Waals surface area contributed by atoms with Crippen LogP contribution >= 0.6 is 0 Å². The molecule has 0 heterocycles. The van der Waals surface area contributed by atoms with Crippen molar-refractivity contribution in [2.75, 3.05) is 0 Å². The Kier molecular flexibility index (Phi) is 1.75. The molecule has 0 saturated carbocycles. The van der Waals surface area contributed by atoms with Crippen molar-refractivity contribution in [2.24, 2.45) is 0 Å². The average Bonchev–Trinajstić information content (AvgIpc) is 1.31. The summed E-state index contributed by atoms with van der Waals surface area (Å²) < 4.78 is 30.6. The van der Waals surface area contributed by atoms with Crippen molar-refractivity contribution in [1.82, 2.24) is 0 Å². The first-order valence-electron chi connectivity index (χ1n) is 1.71. The molecule has 0 bridgehead atoms. The van der Waals surface area contributed by atoms with Crippen LogP contribution < -0.4 is 0 Å². The summed E-state index contributed by atoms with van der Waals surface area (Å²) >= 11 is 0. The third kappa shape index (κ3) is 2.56. The van der Waals surface area contributed by atoms with Gasteiger partial charge in [-0.1, -0.05) is 0 Å². The zero-order valence-corrected chi connectivity index (χ0v) is 4.70. The summed E-state index contributed by atoms with van der Waals surface area (Å²) in [5.74, 6) is 0. The SMILES string of the molecule is [CH2]C(C)S(=O)(=O)F. The van der Waals surface area contributed by atoms with Gasteiger partial charge >= 0.3 is 10.2 Å². The molecule has 0 aromatic rings. The van der Waals surface area contributed by atoms with E-state index in [9.17, 15) is 12.3 Å².